The first kappa shape index (κ1) is 19.0. The topological polar surface area (TPSA) is 60.8 Å². The summed E-state index contributed by atoms with van der Waals surface area (Å²) in [5, 5.41) is 0.889. The number of carbonyl (C=O) groups is 2. The fraction of sp³-hybridized carbons (Fsp3) is 0.474. The molecule has 0 N–H and O–H groups in total. The summed E-state index contributed by atoms with van der Waals surface area (Å²) in [4.78, 5) is 25.6. The van der Waals surface area contributed by atoms with Crippen molar-refractivity contribution in [2.24, 2.45) is 5.92 Å². The van der Waals surface area contributed by atoms with Crippen LogP contribution in [0.25, 0.3) is 10.9 Å². The van der Waals surface area contributed by atoms with Gasteiger partial charge >= 0.3 is 5.97 Å². The lowest BCUT2D eigenvalue weighted by molar-refractivity contribution is -0.153. The van der Waals surface area contributed by atoms with Crippen LogP contribution in [0.1, 0.15) is 31.1 Å². The van der Waals surface area contributed by atoms with E-state index in [2.05, 4.69) is 4.90 Å². The highest BCUT2D eigenvalue weighted by atomic mass is 16.7. The van der Waals surface area contributed by atoms with Gasteiger partial charge in [-0.2, -0.15) is 0 Å². The minimum absolute atomic E-state index is 0.0514. The molecule has 1 aromatic carbocycles. The third-order valence-corrected chi connectivity index (χ3v) is 3.92. The average Bonchev–Trinajstić information content (AvgIpc) is 2.92. The normalized spacial score (nSPS) is 11.3. The van der Waals surface area contributed by atoms with Crippen molar-refractivity contribution in [2.45, 2.75) is 27.2 Å². The molecule has 0 bridgehead atoms. The molecule has 0 saturated heterocycles. The number of aromatic nitrogens is 1. The van der Waals surface area contributed by atoms with Crippen molar-refractivity contribution < 1.29 is 19.1 Å². The predicted molar refractivity (Wildman–Crippen MR) is 96.9 cm³/mol. The van der Waals surface area contributed by atoms with E-state index in [1.54, 1.807) is 18.4 Å². The highest BCUT2D eigenvalue weighted by molar-refractivity contribution is 5.97. The number of benzene rings is 1. The van der Waals surface area contributed by atoms with Crippen LogP contribution in [0, 0.1) is 5.92 Å². The van der Waals surface area contributed by atoms with Crippen LogP contribution in [0.3, 0.4) is 0 Å². The Morgan fingerprint density at radius 1 is 1.24 bits per heavy atom. The first-order chi connectivity index (χ1) is 11.8. The molecule has 0 unspecified atom stereocenters. The summed E-state index contributed by atoms with van der Waals surface area (Å²) < 4.78 is 12.4. The molecule has 0 radical (unpaired) electrons. The first-order valence-corrected chi connectivity index (χ1v) is 8.39. The number of nitrogens with zero attached hydrogens (tertiary/aromatic N) is 2. The van der Waals surface area contributed by atoms with Crippen molar-refractivity contribution in [1.82, 2.24) is 9.47 Å². The van der Waals surface area contributed by atoms with Crippen LogP contribution in [0.2, 0.25) is 0 Å². The van der Waals surface area contributed by atoms with Crippen LogP contribution < -0.4 is 4.74 Å². The van der Waals surface area contributed by atoms with Gasteiger partial charge in [0.25, 0.3) is 0 Å². The SMILES string of the molecule is CC(=O)n1cc(CCN(C)C)c2c(OCOC(=O)C(C)C)cccc21. The third kappa shape index (κ3) is 4.60. The summed E-state index contributed by atoms with van der Waals surface area (Å²) in [6.45, 7) is 5.79. The largest absolute Gasteiger partial charge is 0.457 e. The smallest absolute Gasteiger partial charge is 0.311 e. The molecule has 136 valence electrons. The molecule has 25 heavy (non-hydrogen) atoms. The van der Waals surface area contributed by atoms with E-state index in [0.29, 0.717) is 5.75 Å². The number of esters is 1. The number of rotatable bonds is 7. The number of likely N-dealkylation sites (N-methyl/N-ethyl adjacent to an activating group) is 1. The van der Waals surface area contributed by atoms with Crippen LogP contribution in [0.4, 0.5) is 0 Å². The lowest BCUT2D eigenvalue weighted by Crippen LogP contribution is -2.16. The first-order valence-electron chi connectivity index (χ1n) is 8.39. The van der Waals surface area contributed by atoms with Crippen molar-refractivity contribution in [3.63, 3.8) is 0 Å². The van der Waals surface area contributed by atoms with Crippen LogP contribution >= 0.6 is 0 Å². The zero-order valence-corrected chi connectivity index (χ0v) is 15.5. The Morgan fingerprint density at radius 3 is 2.56 bits per heavy atom. The second kappa shape index (κ2) is 8.16. The van der Waals surface area contributed by atoms with E-state index in [9.17, 15) is 9.59 Å². The zero-order chi connectivity index (χ0) is 18.6. The molecule has 0 saturated carbocycles. The van der Waals surface area contributed by atoms with E-state index in [1.807, 2.05) is 38.5 Å². The maximum absolute atomic E-state index is 11.9. The van der Waals surface area contributed by atoms with Gasteiger partial charge in [-0.05, 0) is 38.2 Å². The number of hydrogen-bond acceptors (Lipinski definition) is 5. The van der Waals surface area contributed by atoms with Crippen LogP contribution in [0.5, 0.6) is 5.75 Å². The van der Waals surface area contributed by atoms with E-state index in [4.69, 9.17) is 9.47 Å². The van der Waals surface area contributed by atoms with Gasteiger partial charge in [0, 0.05) is 25.1 Å². The summed E-state index contributed by atoms with van der Waals surface area (Å²) >= 11 is 0. The van der Waals surface area contributed by atoms with Gasteiger partial charge in [0.15, 0.2) is 0 Å². The Labute approximate surface area is 148 Å². The van der Waals surface area contributed by atoms with Crippen molar-refractivity contribution in [3.8, 4) is 5.75 Å². The number of carbonyl (C=O) groups excluding carboxylic acids is 2. The van der Waals surface area contributed by atoms with Crippen LogP contribution in [-0.4, -0.2) is 48.8 Å². The second-order valence-corrected chi connectivity index (χ2v) is 6.63. The van der Waals surface area contributed by atoms with Crippen molar-refractivity contribution in [2.75, 3.05) is 27.4 Å². The molecule has 1 aromatic heterocycles. The summed E-state index contributed by atoms with van der Waals surface area (Å²) in [6, 6.07) is 5.55. The molecule has 0 spiro atoms. The molecule has 2 rings (SSSR count). The van der Waals surface area contributed by atoms with Gasteiger partial charge < -0.3 is 14.4 Å². The molecule has 1 heterocycles. The number of hydrogen-bond donors (Lipinski definition) is 0. The van der Waals surface area contributed by atoms with Gasteiger partial charge in [-0.1, -0.05) is 19.9 Å². The molecule has 6 nitrogen and oxygen atoms in total. The lowest BCUT2D eigenvalue weighted by atomic mass is 10.1. The summed E-state index contributed by atoms with van der Waals surface area (Å²) in [5.41, 5.74) is 1.83. The van der Waals surface area contributed by atoms with Gasteiger partial charge in [-0.25, -0.2) is 0 Å². The zero-order valence-electron chi connectivity index (χ0n) is 15.5. The van der Waals surface area contributed by atoms with Gasteiger partial charge in [0.2, 0.25) is 12.7 Å². The Kier molecular flexibility index (Phi) is 6.20. The van der Waals surface area contributed by atoms with Crippen molar-refractivity contribution in [1.29, 1.82) is 0 Å². The molecule has 6 heteroatoms. The van der Waals surface area contributed by atoms with Gasteiger partial charge in [-0.15, -0.1) is 0 Å². The Balaban J connectivity index is 2.32. The predicted octanol–water partition coefficient (Wildman–Crippen LogP) is 2.94. The highest BCUT2D eigenvalue weighted by Gasteiger charge is 2.16. The Bertz CT molecular complexity index is 762. The summed E-state index contributed by atoms with van der Waals surface area (Å²) in [6.07, 6.45) is 2.65. The standard InChI is InChI=1S/C19H26N2O4/c1-13(2)19(23)25-12-24-17-8-6-7-16-18(17)15(9-10-20(4)5)11-21(16)14(3)22/h6-8,11,13H,9-10,12H2,1-5H3. The molecule has 0 aliphatic heterocycles. The highest BCUT2D eigenvalue weighted by Crippen LogP contribution is 2.31. The quantitative estimate of drug-likeness (QED) is 0.570. The summed E-state index contributed by atoms with van der Waals surface area (Å²) in [5.74, 6) is 0.0578. The third-order valence-electron chi connectivity index (χ3n) is 3.92. The second-order valence-electron chi connectivity index (χ2n) is 6.63. The van der Waals surface area contributed by atoms with E-state index >= 15 is 0 Å². The van der Waals surface area contributed by atoms with Crippen molar-refractivity contribution in [3.05, 3.63) is 30.0 Å². The molecule has 0 atom stereocenters. The minimum Gasteiger partial charge on any atom is -0.457 e. The maximum atomic E-state index is 11.9. The Morgan fingerprint density at radius 2 is 1.96 bits per heavy atom. The van der Waals surface area contributed by atoms with Crippen LogP contribution in [-0.2, 0) is 16.0 Å². The van der Waals surface area contributed by atoms with Crippen LogP contribution in [0.15, 0.2) is 24.4 Å². The fourth-order valence-corrected chi connectivity index (χ4v) is 2.57. The maximum Gasteiger partial charge on any atom is 0.311 e. The molecule has 0 fully saturated rings. The molecular weight excluding hydrogens is 320 g/mol. The van der Waals surface area contributed by atoms with E-state index in [-0.39, 0.29) is 24.6 Å². The lowest BCUT2D eigenvalue weighted by Gasteiger charge is -2.12. The van der Waals surface area contributed by atoms with Crippen molar-refractivity contribution >= 4 is 22.8 Å². The molecule has 0 amide bonds. The Hall–Kier alpha value is -2.34. The fourth-order valence-electron chi connectivity index (χ4n) is 2.57. The number of fused-ring (bicyclic) bond motifs is 1. The van der Waals surface area contributed by atoms with Gasteiger partial charge in [0.1, 0.15) is 5.75 Å². The summed E-state index contributed by atoms with van der Waals surface area (Å²) in [7, 11) is 4.01. The molecule has 2 aromatic rings. The number of ether oxygens (including phenoxy) is 2. The minimum atomic E-state index is -0.304. The van der Waals surface area contributed by atoms with E-state index in [1.165, 1.54) is 6.92 Å². The average molecular weight is 346 g/mol. The molecule has 0 aliphatic carbocycles. The van der Waals surface area contributed by atoms with Gasteiger partial charge in [0.05, 0.1) is 11.4 Å². The molecule has 0 aliphatic rings. The molecular formula is C19H26N2O4. The van der Waals surface area contributed by atoms with E-state index in [0.717, 1.165) is 29.4 Å². The monoisotopic (exact) mass is 346 g/mol. The van der Waals surface area contributed by atoms with E-state index < -0.39 is 0 Å². The van der Waals surface area contributed by atoms with Gasteiger partial charge in [-0.3, -0.25) is 14.2 Å².